The van der Waals surface area contributed by atoms with Gasteiger partial charge in [-0.25, -0.2) is 0 Å². The molecule has 0 amide bonds. The van der Waals surface area contributed by atoms with Gasteiger partial charge in [-0.1, -0.05) is 0 Å². The maximum Gasteiger partial charge on any atom is 0.321 e. The molecule has 0 aliphatic carbocycles. The van der Waals surface area contributed by atoms with Crippen LogP contribution in [0.1, 0.15) is 27.7 Å². The standard InChI is InChI=1S/C6H13NO2.ClH/c1-5(8)9-7-6(2,3)4;/h7H,1-4H3;1H. The van der Waals surface area contributed by atoms with Crippen molar-refractivity contribution in [3.05, 3.63) is 0 Å². The highest BCUT2D eigenvalue weighted by Crippen LogP contribution is 1.97. The van der Waals surface area contributed by atoms with Crippen molar-refractivity contribution in [1.82, 2.24) is 5.48 Å². The van der Waals surface area contributed by atoms with E-state index >= 15 is 0 Å². The zero-order valence-corrected chi connectivity index (χ0v) is 7.54. The second-order valence-electron chi connectivity index (χ2n) is 2.95. The summed E-state index contributed by atoms with van der Waals surface area (Å²) in [6.07, 6.45) is 0. The fourth-order valence-electron chi connectivity index (χ4n) is 0.225. The predicted octanol–water partition coefficient (Wildman–Crippen LogP) is 1.27. The first-order valence-corrected chi connectivity index (χ1v) is 2.86. The monoisotopic (exact) mass is 167 g/mol. The fourth-order valence-corrected chi connectivity index (χ4v) is 0.225. The molecule has 0 aromatic heterocycles. The Labute approximate surface area is 67.5 Å². The summed E-state index contributed by atoms with van der Waals surface area (Å²) in [6, 6.07) is 0. The van der Waals surface area contributed by atoms with E-state index in [1.54, 1.807) is 0 Å². The second-order valence-corrected chi connectivity index (χ2v) is 2.95. The average Bonchev–Trinajstić information content (AvgIpc) is 1.59. The van der Waals surface area contributed by atoms with Crippen LogP contribution in [-0.2, 0) is 9.63 Å². The lowest BCUT2D eigenvalue weighted by Gasteiger charge is -2.18. The van der Waals surface area contributed by atoms with Crippen molar-refractivity contribution in [2.24, 2.45) is 0 Å². The number of hydrogen-bond donors (Lipinski definition) is 1. The minimum absolute atomic E-state index is 0. The second kappa shape index (κ2) is 4.52. The lowest BCUT2D eigenvalue weighted by molar-refractivity contribution is -0.152. The SMILES string of the molecule is CC(=O)ONC(C)(C)C.Cl. The van der Waals surface area contributed by atoms with E-state index in [1.807, 2.05) is 20.8 Å². The van der Waals surface area contributed by atoms with E-state index in [4.69, 9.17) is 0 Å². The first-order chi connectivity index (χ1) is 3.92. The van der Waals surface area contributed by atoms with Crippen LogP contribution in [0.15, 0.2) is 0 Å². The van der Waals surface area contributed by atoms with Gasteiger partial charge in [0, 0.05) is 12.5 Å². The number of rotatable bonds is 1. The fraction of sp³-hybridized carbons (Fsp3) is 0.833. The largest absolute Gasteiger partial charge is 0.371 e. The maximum atomic E-state index is 10.2. The number of carbonyl (C=O) groups excluding carboxylic acids is 1. The van der Waals surface area contributed by atoms with E-state index in [1.165, 1.54) is 6.92 Å². The van der Waals surface area contributed by atoms with Crippen molar-refractivity contribution < 1.29 is 9.63 Å². The minimum Gasteiger partial charge on any atom is -0.371 e. The predicted molar refractivity (Wildman–Crippen MR) is 41.9 cm³/mol. The van der Waals surface area contributed by atoms with E-state index in [2.05, 4.69) is 10.3 Å². The molecule has 0 unspecified atom stereocenters. The first-order valence-electron chi connectivity index (χ1n) is 2.86. The summed E-state index contributed by atoms with van der Waals surface area (Å²) < 4.78 is 0. The van der Waals surface area contributed by atoms with Gasteiger partial charge in [-0.15, -0.1) is 17.9 Å². The van der Waals surface area contributed by atoms with Crippen molar-refractivity contribution >= 4 is 18.4 Å². The molecule has 0 fully saturated rings. The van der Waals surface area contributed by atoms with Gasteiger partial charge in [0.05, 0.1) is 0 Å². The van der Waals surface area contributed by atoms with Crippen LogP contribution in [0.2, 0.25) is 0 Å². The van der Waals surface area contributed by atoms with Gasteiger partial charge < -0.3 is 4.84 Å². The molecular formula is C6H14ClNO2. The van der Waals surface area contributed by atoms with Crippen molar-refractivity contribution in [3.8, 4) is 0 Å². The lowest BCUT2D eigenvalue weighted by Crippen LogP contribution is -2.36. The van der Waals surface area contributed by atoms with Crippen LogP contribution in [-0.4, -0.2) is 11.5 Å². The van der Waals surface area contributed by atoms with Gasteiger partial charge in [0.15, 0.2) is 0 Å². The van der Waals surface area contributed by atoms with E-state index in [0.29, 0.717) is 0 Å². The van der Waals surface area contributed by atoms with E-state index in [9.17, 15) is 4.79 Å². The Bertz CT molecular complexity index is 109. The molecule has 3 nitrogen and oxygen atoms in total. The summed E-state index contributed by atoms with van der Waals surface area (Å²) in [5, 5.41) is 0. The number of halogens is 1. The topological polar surface area (TPSA) is 38.3 Å². The van der Waals surface area contributed by atoms with Crippen LogP contribution in [0.25, 0.3) is 0 Å². The average molecular weight is 168 g/mol. The van der Waals surface area contributed by atoms with Crippen molar-refractivity contribution in [2.45, 2.75) is 33.2 Å². The van der Waals surface area contributed by atoms with Crippen LogP contribution in [0.4, 0.5) is 0 Å². The van der Waals surface area contributed by atoms with Crippen LogP contribution >= 0.6 is 12.4 Å². The molecule has 0 bridgehead atoms. The molecule has 0 aliphatic heterocycles. The summed E-state index contributed by atoms with van der Waals surface area (Å²) in [6.45, 7) is 7.10. The number of carbonyl (C=O) groups is 1. The summed E-state index contributed by atoms with van der Waals surface area (Å²) >= 11 is 0. The number of hydrogen-bond acceptors (Lipinski definition) is 3. The first kappa shape index (κ1) is 12.4. The van der Waals surface area contributed by atoms with Crippen LogP contribution in [0.5, 0.6) is 0 Å². The Hall–Kier alpha value is -0.280. The quantitative estimate of drug-likeness (QED) is 0.598. The Morgan fingerprint density at radius 1 is 1.40 bits per heavy atom. The molecule has 0 rings (SSSR count). The van der Waals surface area contributed by atoms with Gasteiger partial charge >= 0.3 is 5.97 Å². The maximum absolute atomic E-state index is 10.2. The normalized spacial score (nSPS) is 10.0. The zero-order chi connectivity index (χ0) is 7.49. The third kappa shape index (κ3) is 10.7. The van der Waals surface area contributed by atoms with Gasteiger partial charge in [-0.2, -0.15) is 0 Å². The van der Waals surface area contributed by atoms with Gasteiger partial charge in [-0.05, 0) is 20.8 Å². The molecule has 0 radical (unpaired) electrons. The third-order valence-corrected chi connectivity index (χ3v) is 0.501. The molecule has 0 aromatic carbocycles. The molecule has 0 spiro atoms. The van der Waals surface area contributed by atoms with E-state index in [-0.39, 0.29) is 23.9 Å². The van der Waals surface area contributed by atoms with Gasteiger partial charge in [0.2, 0.25) is 0 Å². The van der Waals surface area contributed by atoms with Gasteiger partial charge in [0.1, 0.15) is 0 Å². The van der Waals surface area contributed by atoms with Gasteiger partial charge in [-0.3, -0.25) is 4.79 Å². The molecule has 0 aromatic rings. The smallest absolute Gasteiger partial charge is 0.321 e. The Kier molecular flexibility index (Phi) is 5.61. The summed E-state index contributed by atoms with van der Waals surface area (Å²) in [5.41, 5.74) is 2.41. The van der Waals surface area contributed by atoms with Crippen LogP contribution in [0, 0.1) is 0 Å². The molecule has 62 valence electrons. The summed E-state index contributed by atoms with van der Waals surface area (Å²) in [4.78, 5) is 14.7. The van der Waals surface area contributed by atoms with Crippen molar-refractivity contribution in [3.63, 3.8) is 0 Å². The van der Waals surface area contributed by atoms with Crippen molar-refractivity contribution in [2.75, 3.05) is 0 Å². The molecule has 0 heterocycles. The Balaban J connectivity index is 0. The summed E-state index contributed by atoms with van der Waals surface area (Å²) in [5.74, 6) is -0.315. The van der Waals surface area contributed by atoms with Crippen LogP contribution < -0.4 is 5.48 Å². The Morgan fingerprint density at radius 3 is 1.90 bits per heavy atom. The number of hydroxylamine groups is 1. The molecule has 10 heavy (non-hydrogen) atoms. The highest BCUT2D eigenvalue weighted by molar-refractivity contribution is 5.85. The van der Waals surface area contributed by atoms with E-state index in [0.717, 1.165) is 0 Å². The third-order valence-electron chi connectivity index (χ3n) is 0.501. The van der Waals surface area contributed by atoms with Crippen LogP contribution in [0.3, 0.4) is 0 Å². The lowest BCUT2D eigenvalue weighted by atomic mass is 10.1. The zero-order valence-electron chi connectivity index (χ0n) is 6.72. The Morgan fingerprint density at radius 2 is 1.80 bits per heavy atom. The van der Waals surface area contributed by atoms with E-state index < -0.39 is 0 Å². The summed E-state index contributed by atoms with van der Waals surface area (Å²) in [7, 11) is 0. The molecule has 0 saturated heterocycles. The molecule has 0 atom stereocenters. The minimum atomic E-state index is -0.315. The highest BCUT2D eigenvalue weighted by atomic mass is 35.5. The highest BCUT2D eigenvalue weighted by Gasteiger charge is 2.09. The van der Waals surface area contributed by atoms with Crippen molar-refractivity contribution in [1.29, 1.82) is 0 Å². The molecule has 4 heteroatoms. The molecular weight excluding hydrogens is 154 g/mol. The molecule has 0 aliphatic rings. The van der Waals surface area contributed by atoms with Gasteiger partial charge in [0.25, 0.3) is 0 Å². The molecule has 1 N–H and O–H groups in total. The molecule has 0 saturated carbocycles. The number of nitrogens with one attached hydrogen (secondary N) is 1.